The van der Waals surface area contributed by atoms with E-state index in [1.807, 2.05) is 88.9 Å². The Hall–Kier alpha value is -3.18. The third kappa shape index (κ3) is 3.43. The Kier molecular flexibility index (Phi) is 4.62. The van der Waals surface area contributed by atoms with Crippen LogP contribution in [-0.4, -0.2) is 15.3 Å². The second kappa shape index (κ2) is 7.37. The van der Waals surface area contributed by atoms with E-state index < -0.39 is 0 Å². The molecular weight excluding hydrogens is 342 g/mol. The molecule has 0 N–H and O–H groups in total. The van der Waals surface area contributed by atoms with Crippen molar-refractivity contribution in [3.8, 4) is 0 Å². The van der Waals surface area contributed by atoms with Gasteiger partial charge in [-0.25, -0.2) is 4.98 Å². The van der Waals surface area contributed by atoms with Gasteiger partial charge in [-0.05, 0) is 41.8 Å². The zero-order valence-electron chi connectivity index (χ0n) is 14.0. The number of carbonyl (C=O) groups is 1. The van der Waals surface area contributed by atoms with E-state index in [0.29, 0.717) is 6.54 Å². The van der Waals surface area contributed by atoms with Crippen LogP contribution in [0.3, 0.4) is 0 Å². The second-order valence-electron chi connectivity index (χ2n) is 5.79. The normalized spacial score (nSPS) is 11.2. The molecule has 0 bridgehead atoms. The predicted molar refractivity (Wildman–Crippen MR) is 106 cm³/mol. The number of nitrogens with zero attached hydrogens (tertiary/aromatic N) is 3. The number of para-hydroxylation sites is 1. The highest BCUT2D eigenvalue weighted by Crippen LogP contribution is 2.19. The van der Waals surface area contributed by atoms with E-state index >= 15 is 0 Å². The maximum atomic E-state index is 12.9. The lowest BCUT2D eigenvalue weighted by Gasteiger charge is -2.21. The van der Waals surface area contributed by atoms with Gasteiger partial charge in [0.1, 0.15) is 5.65 Å². The third-order valence-electron chi connectivity index (χ3n) is 4.08. The number of hydrogen-bond donors (Lipinski definition) is 0. The van der Waals surface area contributed by atoms with Crippen molar-refractivity contribution < 1.29 is 4.79 Å². The number of thiophene rings is 1. The first-order valence-electron chi connectivity index (χ1n) is 8.30. The molecule has 0 saturated heterocycles. The van der Waals surface area contributed by atoms with Gasteiger partial charge in [0.25, 0.3) is 5.91 Å². The Bertz CT molecular complexity index is 1040. The summed E-state index contributed by atoms with van der Waals surface area (Å²) in [6.45, 7) is 0.447. The Balaban J connectivity index is 1.66. The van der Waals surface area contributed by atoms with E-state index in [2.05, 4.69) is 4.98 Å². The first-order chi connectivity index (χ1) is 12.8. The summed E-state index contributed by atoms with van der Waals surface area (Å²) in [5, 5.41) is 2.00. The smallest absolute Gasteiger partial charge is 0.251 e. The molecule has 0 aliphatic heterocycles. The van der Waals surface area contributed by atoms with E-state index in [4.69, 9.17) is 0 Å². The monoisotopic (exact) mass is 359 g/mol. The van der Waals surface area contributed by atoms with E-state index in [1.54, 1.807) is 22.3 Å². The molecule has 0 unspecified atom stereocenters. The molecule has 3 aromatic heterocycles. The fourth-order valence-electron chi connectivity index (χ4n) is 2.80. The first-order valence-corrected chi connectivity index (χ1v) is 9.18. The van der Waals surface area contributed by atoms with Crippen molar-refractivity contribution in [3.05, 3.63) is 95.1 Å². The van der Waals surface area contributed by atoms with Crippen LogP contribution < -0.4 is 4.90 Å². The molecule has 0 spiro atoms. The van der Waals surface area contributed by atoms with E-state index in [0.717, 1.165) is 21.9 Å². The van der Waals surface area contributed by atoms with Gasteiger partial charge in [-0.2, -0.15) is 0 Å². The Morgan fingerprint density at radius 3 is 2.73 bits per heavy atom. The van der Waals surface area contributed by atoms with Crippen LogP contribution >= 0.6 is 11.3 Å². The molecule has 26 heavy (non-hydrogen) atoms. The van der Waals surface area contributed by atoms with Crippen LogP contribution in [0.5, 0.6) is 0 Å². The van der Waals surface area contributed by atoms with Crippen LogP contribution in [-0.2, 0) is 11.3 Å². The maximum Gasteiger partial charge on any atom is 0.251 e. The number of aromatic nitrogens is 2. The Labute approximate surface area is 155 Å². The summed E-state index contributed by atoms with van der Waals surface area (Å²) in [5.41, 5.74) is 2.69. The minimum absolute atomic E-state index is 0.0597. The lowest BCUT2D eigenvalue weighted by atomic mass is 10.2. The molecule has 0 saturated carbocycles. The lowest BCUT2D eigenvalue weighted by Crippen LogP contribution is -2.29. The number of rotatable bonds is 5. The van der Waals surface area contributed by atoms with Gasteiger partial charge in [-0.15, -0.1) is 11.3 Å². The molecule has 1 aromatic carbocycles. The summed E-state index contributed by atoms with van der Waals surface area (Å²) in [7, 11) is 0. The van der Waals surface area contributed by atoms with Gasteiger partial charge in [0.15, 0.2) is 0 Å². The van der Waals surface area contributed by atoms with Crippen LogP contribution in [0.4, 0.5) is 5.69 Å². The molecular formula is C21H17N3OS. The molecule has 0 fully saturated rings. The Morgan fingerprint density at radius 1 is 1.08 bits per heavy atom. The van der Waals surface area contributed by atoms with Crippen molar-refractivity contribution in [1.82, 2.24) is 9.38 Å². The number of benzene rings is 1. The molecule has 128 valence electrons. The number of carbonyl (C=O) groups excluding carboxylic acids is 1. The molecule has 1 amide bonds. The van der Waals surface area contributed by atoms with Gasteiger partial charge in [0.2, 0.25) is 0 Å². The van der Waals surface area contributed by atoms with Crippen molar-refractivity contribution in [2.24, 2.45) is 0 Å². The molecule has 4 nitrogen and oxygen atoms in total. The molecule has 0 radical (unpaired) electrons. The molecule has 0 aliphatic carbocycles. The van der Waals surface area contributed by atoms with Crippen molar-refractivity contribution in [2.75, 3.05) is 4.90 Å². The van der Waals surface area contributed by atoms with E-state index in [9.17, 15) is 4.79 Å². The average Bonchev–Trinajstić information content (AvgIpc) is 3.35. The highest BCUT2D eigenvalue weighted by molar-refractivity contribution is 7.10. The van der Waals surface area contributed by atoms with Crippen LogP contribution in [0.25, 0.3) is 11.7 Å². The summed E-state index contributed by atoms with van der Waals surface area (Å²) in [5.74, 6) is -0.0597. The third-order valence-corrected chi connectivity index (χ3v) is 4.92. The van der Waals surface area contributed by atoms with Gasteiger partial charge in [-0.3, -0.25) is 4.79 Å². The molecule has 5 heteroatoms. The average molecular weight is 359 g/mol. The zero-order chi connectivity index (χ0) is 17.8. The summed E-state index contributed by atoms with van der Waals surface area (Å²) < 4.78 is 2.01. The number of imidazole rings is 1. The standard InChI is InChI=1S/C21H17N3OS/c25-21(12-11-19-9-6-14-26-19)24(17-7-2-1-3-8-17)16-18-15-22-20-10-4-5-13-23(18)20/h1-15H,16H2. The van der Waals surface area contributed by atoms with Crippen molar-refractivity contribution in [3.63, 3.8) is 0 Å². The van der Waals surface area contributed by atoms with Crippen molar-refractivity contribution in [2.45, 2.75) is 6.54 Å². The minimum atomic E-state index is -0.0597. The lowest BCUT2D eigenvalue weighted by molar-refractivity contribution is -0.114. The molecule has 0 atom stereocenters. The number of fused-ring (bicyclic) bond motifs is 1. The van der Waals surface area contributed by atoms with Crippen LogP contribution in [0, 0.1) is 0 Å². The second-order valence-corrected chi connectivity index (χ2v) is 6.77. The highest BCUT2D eigenvalue weighted by Gasteiger charge is 2.16. The summed E-state index contributed by atoms with van der Waals surface area (Å²) >= 11 is 1.61. The minimum Gasteiger partial charge on any atom is -0.303 e. The largest absolute Gasteiger partial charge is 0.303 e. The van der Waals surface area contributed by atoms with Gasteiger partial charge >= 0.3 is 0 Å². The van der Waals surface area contributed by atoms with Crippen molar-refractivity contribution in [1.29, 1.82) is 0 Å². The molecule has 4 rings (SSSR count). The fourth-order valence-corrected chi connectivity index (χ4v) is 3.42. The van der Waals surface area contributed by atoms with Crippen LogP contribution in [0.15, 0.2) is 84.5 Å². The number of hydrogen-bond acceptors (Lipinski definition) is 3. The number of pyridine rings is 1. The molecule has 0 aliphatic rings. The fraction of sp³-hybridized carbons (Fsp3) is 0.0476. The predicted octanol–water partition coefficient (Wildman–Crippen LogP) is 4.64. The first kappa shape index (κ1) is 16.3. The number of anilines is 1. The van der Waals surface area contributed by atoms with Crippen molar-refractivity contribution >= 4 is 34.7 Å². The molecule has 3 heterocycles. The number of amides is 1. The Morgan fingerprint density at radius 2 is 1.92 bits per heavy atom. The van der Waals surface area contributed by atoms with Gasteiger partial charge in [0.05, 0.1) is 18.4 Å². The van der Waals surface area contributed by atoms with Gasteiger partial charge in [-0.1, -0.05) is 30.3 Å². The maximum absolute atomic E-state index is 12.9. The topological polar surface area (TPSA) is 37.6 Å². The van der Waals surface area contributed by atoms with E-state index in [1.165, 1.54) is 0 Å². The SMILES string of the molecule is O=C(C=Cc1cccs1)N(Cc1cnc2ccccn12)c1ccccc1. The summed E-state index contributed by atoms with van der Waals surface area (Å²) in [6.07, 6.45) is 7.27. The summed E-state index contributed by atoms with van der Waals surface area (Å²) in [4.78, 5) is 20.2. The zero-order valence-corrected chi connectivity index (χ0v) is 14.8. The van der Waals surface area contributed by atoms with Crippen LogP contribution in [0.1, 0.15) is 10.6 Å². The highest BCUT2D eigenvalue weighted by atomic mass is 32.1. The summed E-state index contributed by atoms with van der Waals surface area (Å²) in [6, 6.07) is 19.5. The quantitative estimate of drug-likeness (QED) is 0.487. The van der Waals surface area contributed by atoms with Crippen LogP contribution in [0.2, 0.25) is 0 Å². The molecule has 4 aromatic rings. The van der Waals surface area contributed by atoms with Gasteiger partial charge < -0.3 is 9.30 Å². The van der Waals surface area contributed by atoms with Gasteiger partial charge in [0, 0.05) is 22.8 Å². The van der Waals surface area contributed by atoms with E-state index in [-0.39, 0.29) is 5.91 Å².